The summed E-state index contributed by atoms with van der Waals surface area (Å²) in [6, 6.07) is 5.67. The molecule has 1 atom stereocenters. The van der Waals surface area contributed by atoms with E-state index in [1.807, 2.05) is 0 Å². The van der Waals surface area contributed by atoms with E-state index in [4.69, 9.17) is 9.15 Å². The van der Waals surface area contributed by atoms with Crippen LogP contribution in [0.15, 0.2) is 45.9 Å². The molecule has 1 unspecified atom stereocenters. The van der Waals surface area contributed by atoms with E-state index in [0.717, 1.165) is 22.9 Å². The minimum atomic E-state index is -0.959. The first-order valence-corrected chi connectivity index (χ1v) is 6.19. The molecule has 2 heterocycles. The molecule has 0 aliphatic heterocycles. The normalized spacial score (nSPS) is 12.2. The summed E-state index contributed by atoms with van der Waals surface area (Å²) in [6.07, 6.45) is 1.65. The molecule has 1 N–H and O–H groups in total. The van der Waals surface area contributed by atoms with E-state index in [1.54, 1.807) is 12.1 Å². The molecule has 8 nitrogen and oxygen atoms in total. The van der Waals surface area contributed by atoms with Crippen molar-refractivity contribution in [2.75, 3.05) is 6.61 Å². The van der Waals surface area contributed by atoms with Crippen molar-refractivity contribution in [2.45, 2.75) is 19.3 Å². The van der Waals surface area contributed by atoms with Gasteiger partial charge in [0.15, 0.2) is 0 Å². The van der Waals surface area contributed by atoms with Crippen molar-refractivity contribution in [2.24, 2.45) is 0 Å². The molecule has 0 amide bonds. The van der Waals surface area contributed by atoms with Crippen LogP contribution >= 0.6 is 0 Å². The van der Waals surface area contributed by atoms with Gasteiger partial charge in [-0.1, -0.05) is 0 Å². The van der Waals surface area contributed by atoms with Crippen LogP contribution < -0.4 is 5.56 Å². The van der Waals surface area contributed by atoms with Crippen molar-refractivity contribution in [1.29, 1.82) is 0 Å². The third-order valence-electron chi connectivity index (χ3n) is 2.72. The Bertz CT molecular complexity index is 649. The first-order valence-electron chi connectivity index (χ1n) is 6.19. The number of ether oxygens (including phenoxy) is 1. The quantitative estimate of drug-likeness (QED) is 0.601. The van der Waals surface area contributed by atoms with Crippen LogP contribution in [0.5, 0.6) is 0 Å². The fraction of sp³-hybridized carbons (Fsp3) is 0.308. The molecule has 112 valence electrons. The van der Waals surface area contributed by atoms with Gasteiger partial charge in [-0.2, -0.15) is 0 Å². The molecule has 0 bridgehead atoms. The van der Waals surface area contributed by atoms with Crippen LogP contribution in [0.1, 0.15) is 5.76 Å². The highest BCUT2D eigenvalue weighted by atomic mass is 16.6. The summed E-state index contributed by atoms with van der Waals surface area (Å²) in [4.78, 5) is 21.6. The molecule has 0 fully saturated rings. The van der Waals surface area contributed by atoms with E-state index >= 15 is 0 Å². The zero-order valence-corrected chi connectivity index (χ0v) is 11.0. The zero-order chi connectivity index (χ0) is 15.2. The first-order chi connectivity index (χ1) is 10.1. The smallest absolute Gasteiger partial charge is 0.285 e. The van der Waals surface area contributed by atoms with Gasteiger partial charge in [0.25, 0.3) is 11.2 Å². The number of nitro groups is 1. The molecular formula is C13H14N2O6. The molecule has 0 radical (unpaired) electrons. The molecular weight excluding hydrogens is 280 g/mol. The van der Waals surface area contributed by atoms with Crippen LogP contribution in [-0.2, 0) is 17.9 Å². The van der Waals surface area contributed by atoms with Crippen molar-refractivity contribution in [3.8, 4) is 0 Å². The Morgan fingerprint density at radius 3 is 2.90 bits per heavy atom. The Morgan fingerprint density at radius 2 is 2.24 bits per heavy atom. The molecule has 0 saturated heterocycles. The Hall–Kier alpha value is -2.45. The van der Waals surface area contributed by atoms with Crippen LogP contribution in [-0.4, -0.2) is 27.3 Å². The van der Waals surface area contributed by atoms with Crippen molar-refractivity contribution < 1.29 is 19.2 Å². The number of hydrogen-bond acceptors (Lipinski definition) is 6. The number of hydrogen-bond donors (Lipinski definition) is 1. The Kier molecular flexibility index (Phi) is 4.85. The third kappa shape index (κ3) is 4.26. The van der Waals surface area contributed by atoms with E-state index in [9.17, 15) is 20.0 Å². The van der Waals surface area contributed by atoms with E-state index in [-0.39, 0.29) is 25.4 Å². The van der Waals surface area contributed by atoms with Gasteiger partial charge < -0.3 is 18.8 Å². The van der Waals surface area contributed by atoms with E-state index in [2.05, 4.69) is 0 Å². The second-order valence-corrected chi connectivity index (χ2v) is 4.38. The van der Waals surface area contributed by atoms with Gasteiger partial charge in [-0.3, -0.25) is 14.9 Å². The van der Waals surface area contributed by atoms with Crippen LogP contribution in [0.3, 0.4) is 0 Å². The number of aliphatic hydroxyl groups excluding tert-OH is 1. The predicted molar refractivity (Wildman–Crippen MR) is 71.7 cm³/mol. The molecule has 0 saturated carbocycles. The Labute approximate surface area is 119 Å². The van der Waals surface area contributed by atoms with Crippen LogP contribution in [0, 0.1) is 10.1 Å². The molecule has 8 heteroatoms. The summed E-state index contributed by atoms with van der Waals surface area (Å²) in [5.74, 6) is 0.620. The SMILES string of the molecule is O=c1ccc([N+](=O)[O-])cn1CC(O)COCc1ccco1. The summed E-state index contributed by atoms with van der Waals surface area (Å²) in [5.41, 5.74) is -0.635. The van der Waals surface area contributed by atoms with Gasteiger partial charge in [0.1, 0.15) is 12.4 Å². The maximum Gasteiger partial charge on any atom is 0.285 e. The second kappa shape index (κ2) is 6.82. The average Bonchev–Trinajstić information content (AvgIpc) is 2.94. The molecule has 21 heavy (non-hydrogen) atoms. The van der Waals surface area contributed by atoms with E-state index in [0.29, 0.717) is 5.76 Å². The summed E-state index contributed by atoms with van der Waals surface area (Å²) in [5, 5.41) is 20.4. The number of aromatic nitrogens is 1. The number of aliphatic hydroxyl groups is 1. The van der Waals surface area contributed by atoms with Gasteiger partial charge in [0.2, 0.25) is 0 Å². The van der Waals surface area contributed by atoms with Crippen LogP contribution in [0.25, 0.3) is 0 Å². The van der Waals surface area contributed by atoms with Gasteiger partial charge in [0.05, 0.1) is 36.6 Å². The number of furan rings is 1. The van der Waals surface area contributed by atoms with Crippen molar-refractivity contribution in [3.05, 3.63) is 63.0 Å². The fourth-order valence-electron chi connectivity index (χ4n) is 1.74. The number of pyridine rings is 1. The van der Waals surface area contributed by atoms with Crippen molar-refractivity contribution in [1.82, 2.24) is 4.57 Å². The van der Waals surface area contributed by atoms with E-state index in [1.165, 1.54) is 6.26 Å². The van der Waals surface area contributed by atoms with Crippen molar-refractivity contribution in [3.63, 3.8) is 0 Å². The topological polar surface area (TPSA) is 108 Å². The highest BCUT2D eigenvalue weighted by Crippen LogP contribution is 2.07. The minimum absolute atomic E-state index is 0.0180. The second-order valence-electron chi connectivity index (χ2n) is 4.38. The summed E-state index contributed by atoms with van der Waals surface area (Å²) >= 11 is 0. The van der Waals surface area contributed by atoms with E-state index < -0.39 is 16.6 Å². The maximum absolute atomic E-state index is 11.6. The summed E-state index contributed by atoms with van der Waals surface area (Å²) < 4.78 is 11.4. The molecule has 2 rings (SSSR count). The van der Waals surface area contributed by atoms with Gasteiger partial charge in [-0.05, 0) is 12.1 Å². The molecule has 0 spiro atoms. The summed E-state index contributed by atoms with van der Waals surface area (Å²) in [7, 11) is 0. The lowest BCUT2D eigenvalue weighted by atomic mass is 10.3. The minimum Gasteiger partial charge on any atom is -0.467 e. The van der Waals surface area contributed by atoms with Gasteiger partial charge in [0, 0.05) is 12.1 Å². The number of nitrogens with zero attached hydrogens (tertiary/aromatic N) is 2. The monoisotopic (exact) mass is 294 g/mol. The Morgan fingerprint density at radius 1 is 1.43 bits per heavy atom. The maximum atomic E-state index is 11.6. The van der Waals surface area contributed by atoms with Crippen LogP contribution in [0.4, 0.5) is 5.69 Å². The Balaban J connectivity index is 1.89. The molecule has 0 aliphatic carbocycles. The zero-order valence-electron chi connectivity index (χ0n) is 11.0. The van der Waals surface area contributed by atoms with Gasteiger partial charge in [-0.25, -0.2) is 0 Å². The van der Waals surface area contributed by atoms with Crippen molar-refractivity contribution >= 4 is 5.69 Å². The fourth-order valence-corrected chi connectivity index (χ4v) is 1.74. The lowest BCUT2D eigenvalue weighted by molar-refractivity contribution is -0.385. The predicted octanol–water partition coefficient (Wildman–Crippen LogP) is 0.927. The number of rotatable bonds is 7. The summed E-state index contributed by atoms with van der Waals surface area (Å²) in [6.45, 7) is 0.0996. The first kappa shape index (κ1) is 14.9. The standard InChI is InChI=1S/C13H14N2O6/c16-11(8-20-9-12-2-1-5-21-12)7-14-6-10(15(18)19)3-4-13(14)17/h1-6,11,16H,7-9H2. The van der Waals surface area contributed by atoms with Gasteiger partial charge in [-0.15, -0.1) is 0 Å². The molecule has 2 aromatic rings. The average molecular weight is 294 g/mol. The highest BCUT2D eigenvalue weighted by Gasteiger charge is 2.11. The third-order valence-corrected chi connectivity index (χ3v) is 2.72. The molecule has 2 aromatic heterocycles. The lowest BCUT2D eigenvalue weighted by Crippen LogP contribution is -2.28. The van der Waals surface area contributed by atoms with Crippen LogP contribution in [0.2, 0.25) is 0 Å². The molecule has 0 aliphatic rings. The largest absolute Gasteiger partial charge is 0.467 e. The highest BCUT2D eigenvalue weighted by molar-refractivity contribution is 5.24. The molecule has 0 aromatic carbocycles. The lowest BCUT2D eigenvalue weighted by Gasteiger charge is -2.12. The van der Waals surface area contributed by atoms with Gasteiger partial charge >= 0.3 is 0 Å².